The number of imidazole rings is 1. The lowest BCUT2D eigenvalue weighted by Gasteiger charge is -2.30. The summed E-state index contributed by atoms with van der Waals surface area (Å²) in [6.45, 7) is 5.24. The zero-order valence-electron chi connectivity index (χ0n) is 13.4. The first-order valence-corrected chi connectivity index (χ1v) is 8.07. The zero-order chi connectivity index (χ0) is 15.6. The lowest BCUT2D eigenvalue weighted by atomic mass is 9.86. The molecule has 1 saturated carbocycles. The molecule has 2 aromatic rings. The molecule has 1 heterocycles. The average molecular weight is 299 g/mol. The van der Waals surface area contributed by atoms with Crippen LogP contribution in [0.3, 0.4) is 0 Å². The number of hydrogen-bond donors (Lipinski definition) is 2. The van der Waals surface area contributed by atoms with E-state index in [4.69, 9.17) is 0 Å². The Hall–Kier alpha value is -1.65. The molecule has 1 fully saturated rings. The first-order valence-electron chi connectivity index (χ1n) is 8.07. The van der Waals surface area contributed by atoms with E-state index in [0.717, 1.165) is 36.6 Å². The summed E-state index contributed by atoms with van der Waals surface area (Å²) in [5.74, 6) is 0.999. The first-order chi connectivity index (χ1) is 10.6. The van der Waals surface area contributed by atoms with Crippen molar-refractivity contribution in [1.29, 1.82) is 0 Å². The molecule has 4 nitrogen and oxygen atoms in total. The Labute approximate surface area is 132 Å². The van der Waals surface area contributed by atoms with Crippen LogP contribution in [0.2, 0.25) is 0 Å². The molecule has 0 spiro atoms. The summed E-state index contributed by atoms with van der Waals surface area (Å²) in [5, 5.41) is 13.3. The minimum atomic E-state index is 0.00659. The van der Waals surface area contributed by atoms with E-state index >= 15 is 0 Å². The van der Waals surface area contributed by atoms with Crippen molar-refractivity contribution in [2.45, 2.75) is 45.7 Å². The monoisotopic (exact) mass is 299 g/mol. The molecule has 0 unspecified atom stereocenters. The fraction of sp³-hybridized carbons (Fsp3) is 0.500. The van der Waals surface area contributed by atoms with Gasteiger partial charge in [0.1, 0.15) is 5.82 Å². The van der Waals surface area contributed by atoms with Gasteiger partial charge in [-0.15, -0.1) is 0 Å². The van der Waals surface area contributed by atoms with Crippen LogP contribution >= 0.6 is 0 Å². The van der Waals surface area contributed by atoms with E-state index in [1.807, 2.05) is 31.3 Å². The van der Waals surface area contributed by atoms with Crippen LogP contribution in [0, 0.1) is 12.3 Å². The molecule has 0 aliphatic heterocycles. The number of nitrogens with one attached hydrogen (secondary N) is 1. The maximum absolute atomic E-state index is 9.67. The molecule has 1 aromatic carbocycles. The number of hydrogen-bond acceptors (Lipinski definition) is 3. The number of nitrogens with zero attached hydrogens (tertiary/aromatic N) is 2. The Bertz CT molecular complexity index is 623. The second-order valence-electron chi connectivity index (χ2n) is 6.61. The summed E-state index contributed by atoms with van der Waals surface area (Å²) < 4.78 is 2.19. The predicted molar refractivity (Wildman–Crippen MR) is 88.0 cm³/mol. The van der Waals surface area contributed by atoms with Gasteiger partial charge in [-0.25, -0.2) is 4.98 Å². The van der Waals surface area contributed by atoms with E-state index < -0.39 is 0 Å². The largest absolute Gasteiger partial charge is 0.396 e. The summed E-state index contributed by atoms with van der Waals surface area (Å²) in [7, 11) is 0. The Balaban J connectivity index is 1.77. The number of aliphatic hydroxyl groups is 1. The zero-order valence-corrected chi connectivity index (χ0v) is 13.4. The number of para-hydroxylation sites is 1. The molecule has 118 valence electrons. The molecule has 3 rings (SSSR count). The highest BCUT2D eigenvalue weighted by molar-refractivity contribution is 5.35. The van der Waals surface area contributed by atoms with Gasteiger partial charge < -0.3 is 10.4 Å². The summed E-state index contributed by atoms with van der Waals surface area (Å²) in [4.78, 5) is 4.47. The van der Waals surface area contributed by atoms with Crippen molar-refractivity contribution in [3.8, 4) is 5.69 Å². The van der Waals surface area contributed by atoms with E-state index in [9.17, 15) is 5.11 Å². The van der Waals surface area contributed by atoms with Gasteiger partial charge in [0.2, 0.25) is 0 Å². The maximum Gasteiger partial charge on any atom is 0.110 e. The van der Waals surface area contributed by atoms with Gasteiger partial charge in [0.25, 0.3) is 0 Å². The van der Waals surface area contributed by atoms with Gasteiger partial charge in [-0.2, -0.15) is 0 Å². The SMILES string of the molecule is Cc1ncc(CN[C@H]2CCC[C@@]2(C)CO)n1-c1ccccc1. The molecule has 0 radical (unpaired) electrons. The van der Waals surface area contributed by atoms with Crippen molar-refractivity contribution in [2.75, 3.05) is 6.61 Å². The first kappa shape index (κ1) is 15.3. The summed E-state index contributed by atoms with van der Waals surface area (Å²) >= 11 is 0. The molecular weight excluding hydrogens is 274 g/mol. The Morgan fingerprint density at radius 3 is 2.86 bits per heavy atom. The highest BCUT2D eigenvalue weighted by atomic mass is 16.3. The van der Waals surface area contributed by atoms with Gasteiger partial charge in [-0.05, 0) is 31.9 Å². The smallest absolute Gasteiger partial charge is 0.110 e. The fourth-order valence-corrected chi connectivity index (χ4v) is 3.54. The summed E-state index contributed by atoms with van der Waals surface area (Å²) in [6.07, 6.45) is 5.36. The minimum absolute atomic E-state index is 0.00659. The van der Waals surface area contributed by atoms with Crippen LogP contribution in [0.1, 0.15) is 37.7 Å². The number of rotatable bonds is 5. The molecule has 0 amide bonds. The Morgan fingerprint density at radius 1 is 1.36 bits per heavy atom. The van der Waals surface area contributed by atoms with E-state index in [1.165, 1.54) is 6.42 Å². The number of aliphatic hydroxyl groups excluding tert-OH is 1. The summed E-state index contributed by atoms with van der Waals surface area (Å²) in [5.41, 5.74) is 2.31. The quantitative estimate of drug-likeness (QED) is 0.892. The second kappa shape index (κ2) is 6.23. The lowest BCUT2D eigenvalue weighted by molar-refractivity contribution is 0.118. The topological polar surface area (TPSA) is 50.1 Å². The van der Waals surface area contributed by atoms with Crippen molar-refractivity contribution >= 4 is 0 Å². The number of aromatic nitrogens is 2. The third-order valence-corrected chi connectivity index (χ3v) is 5.00. The third kappa shape index (κ3) is 2.81. The van der Waals surface area contributed by atoms with E-state index in [-0.39, 0.29) is 12.0 Å². The number of aryl methyl sites for hydroxylation is 1. The van der Waals surface area contributed by atoms with Gasteiger partial charge in [0.05, 0.1) is 11.9 Å². The van der Waals surface area contributed by atoms with E-state index in [1.54, 1.807) is 0 Å². The summed E-state index contributed by atoms with van der Waals surface area (Å²) in [6, 6.07) is 10.7. The molecular formula is C18H25N3O. The number of benzene rings is 1. The van der Waals surface area contributed by atoms with Crippen molar-refractivity contribution in [1.82, 2.24) is 14.9 Å². The van der Waals surface area contributed by atoms with Crippen molar-refractivity contribution in [2.24, 2.45) is 5.41 Å². The van der Waals surface area contributed by atoms with Crippen LogP contribution < -0.4 is 5.32 Å². The molecule has 2 N–H and O–H groups in total. The van der Waals surface area contributed by atoms with Gasteiger partial charge in [-0.3, -0.25) is 4.57 Å². The van der Waals surface area contributed by atoms with Crippen molar-refractivity contribution in [3.63, 3.8) is 0 Å². The standard InChI is InChI=1S/C18H25N3O/c1-14-19-11-16(21(14)15-7-4-3-5-8-15)12-20-17-9-6-10-18(17,2)13-22/h3-5,7-8,11,17,20,22H,6,9-10,12-13H2,1-2H3/t17-,18-/m0/s1. The van der Waals surface area contributed by atoms with Crippen molar-refractivity contribution in [3.05, 3.63) is 48.0 Å². The van der Waals surface area contributed by atoms with Gasteiger partial charge >= 0.3 is 0 Å². The molecule has 1 aliphatic carbocycles. The van der Waals surface area contributed by atoms with Gasteiger partial charge in [0.15, 0.2) is 0 Å². The maximum atomic E-state index is 9.67. The molecule has 2 atom stereocenters. The molecule has 0 saturated heterocycles. The van der Waals surface area contributed by atoms with E-state index in [0.29, 0.717) is 6.04 Å². The molecule has 22 heavy (non-hydrogen) atoms. The Kier molecular flexibility index (Phi) is 4.32. The second-order valence-corrected chi connectivity index (χ2v) is 6.61. The van der Waals surface area contributed by atoms with E-state index in [2.05, 4.69) is 33.9 Å². The van der Waals surface area contributed by atoms with Crippen LogP contribution in [0.4, 0.5) is 0 Å². The highest BCUT2D eigenvalue weighted by Crippen LogP contribution is 2.37. The normalized spacial score (nSPS) is 24.8. The highest BCUT2D eigenvalue weighted by Gasteiger charge is 2.37. The van der Waals surface area contributed by atoms with Crippen LogP contribution in [-0.4, -0.2) is 27.3 Å². The molecule has 0 bridgehead atoms. The third-order valence-electron chi connectivity index (χ3n) is 5.00. The average Bonchev–Trinajstić information content (AvgIpc) is 3.09. The van der Waals surface area contributed by atoms with Crippen LogP contribution in [0.5, 0.6) is 0 Å². The van der Waals surface area contributed by atoms with Gasteiger partial charge in [0, 0.05) is 30.3 Å². The fourth-order valence-electron chi connectivity index (χ4n) is 3.54. The Morgan fingerprint density at radius 2 is 2.14 bits per heavy atom. The molecule has 1 aliphatic rings. The predicted octanol–water partition coefficient (Wildman–Crippen LogP) is 2.82. The molecule has 1 aromatic heterocycles. The molecule has 4 heteroatoms. The van der Waals surface area contributed by atoms with Crippen molar-refractivity contribution < 1.29 is 5.11 Å². The van der Waals surface area contributed by atoms with Gasteiger partial charge in [-0.1, -0.05) is 31.5 Å². The van der Waals surface area contributed by atoms with Crippen LogP contribution in [-0.2, 0) is 6.54 Å². The van der Waals surface area contributed by atoms with Crippen LogP contribution in [0.25, 0.3) is 5.69 Å². The van der Waals surface area contributed by atoms with Crippen LogP contribution in [0.15, 0.2) is 36.5 Å². The lowest BCUT2D eigenvalue weighted by Crippen LogP contribution is -2.41. The minimum Gasteiger partial charge on any atom is -0.396 e.